The van der Waals surface area contributed by atoms with E-state index in [2.05, 4.69) is 25.4 Å². The van der Waals surface area contributed by atoms with Gasteiger partial charge in [0.1, 0.15) is 17.3 Å². The van der Waals surface area contributed by atoms with Crippen molar-refractivity contribution in [1.82, 2.24) is 20.1 Å². The molecule has 2 aromatic heterocycles. The summed E-state index contributed by atoms with van der Waals surface area (Å²) in [6.45, 7) is 1.83. The molecule has 0 saturated carbocycles. The third-order valence-corrected chi connectivity index (χ3v) is 5.18. The number of halogens is 4. The molecule has 3 aromatic rings. The van der Waals surface area contributed by atoms with Gasteiger partial charge in [0.05, 0.1) is 11.1 Å². The van der Waals surface area contributed by atoms with Gasteiger partial charge in [0.2, 0.25) is 0 Å². The molecule has 0 amide bonds. The average Bonchev–Trinajstić information content (AvgIpc) is 2.68. The van der Waals surface area contributed by atoms with Gasteiger partial charge in [-0.05, 0) is 44.6 Å². The van der Waals surface area contributed by atoms with Gasteiger partial charge in [-0.25, -0.2) is 4.39 Å². The van der Waals surface area contributed by atoms with Crippen molar-refractivity contribution in [2.75, 3.05) is 25.5 Å². The number of piperidine rings is 1. The Kier molecular flexibility index (Phi) is 5.19. The highest BCUT2D eigenvalue weighted by Crippen LogP contribution is 2.40. The molecule has 1 aliphatic rings. The number of hydrogen-bond donors (Lipinski definition) is 2. The zero-order valence-corrected chi connectivity index (χ0v) is 16.0. The molecule has 4 rings (SSSR count). The van der Waals surface area contributed by atoms with E-state index in [4.69, 9.17) is 0 Å². The standard InChI is InChI=1S/C20H19F4N5O/c1-29-6-2-3-12(10-29)26-19-14-9-25-5-4-13(14)18(27-28-19)17-15(21)7-11(8-16(17)30)20(22,23)24/h4-5,7-9,12,30H,2-3,6,10H2,1H3,(H,26,28)/t12-/m1/s1. The first kappa shape index (κ1) is 20.3. The zero-order chi connectivity index (χ0) is 21.5. The van der Waals surface area contributed by atoms with Crippen LogP contribution in [0.5, 0.6) is 5.75 Å². The van der Waals surface area contributed by atoms with E-state index < -0.39 is 28.9 Å². The highest BCUT2D eigenvalue weighted by molar-refractivity contribution is 6.00. The first-order valence-electron chi connectivity index (χ1n) is 9.39. The van der Waals surface area contributed by atoms with E-state index in [0.717, 1.165) is 25.9 Å². The van der Waals surface area contributed by atoms with Crippen LogP contribution in [0.4, 0.5) is 23.4 Å². The van der Waals surface area contributed by atoms with E-state index in [1.165, 1.54) is 12.4 Å². The molecular formula is C20H19F4N5O. The van der Waals surface area contributed by atoms with Gasteiger partial charge < -0.3 is 15.3 Å². The molecule has 10 heteroatoms. The number of likely N-dealkylation sites (N-methyl/N-ethyl adjacent to an activating group) is 1. The zero-order valence-electron chi connectivity index (χ0n) is 16.0. The second-order valence-corrected chi connectivity index (χ2v) is 7.41. The summed E-state index contributed by atoms with van der Waals surface area (Å²) in [5, 5.41) is 22.6. The van der Waals surface area contributed by atoms with E-state index in [9.17, 15) is 22.7 Å². The van der Waals surface area contributed by atoms with Crippen LogP contribution < -0.4 is 5.32 Å². The number of likely N-dealkylation sites (tertiary alicyclic amines) is 1. The van der Waals surface area contributed by atoms with Crippen LogP contribution in [-0.2, 0) is 6.18 Å². The fourth-order valence-electron chi connectivity index (χ4n) is 3.76. The fraction of sp³-hybridized carbons (Fsp3) is 0.350. The Morgan fingerprint density at radius 2 is 2.00 bits per heavy atom. The predicted octanol–water partition coefficient (Wildman–Crippen LogP) is 4.06. The molecule has 0 unspecified atom stereocenters. The summed E-state index contributed by atoms with van der Waals surface area (Å²) in [5.41, 5.74) is -1.77. The molecule has 158 valence electrons. The van der Waals surface area contributed by atoms with Crippen molar-refractivity contribution < 1.29 is 22.7 Å². The van der Waals surface area contributed by atoms with E-state index >= 15 is 0 Å². The van der Waals surface area contributed by atoms with Gasteiger partial charge in [-0.1, -0.05) is 0 Å². The minimum atomic E-state index is -4.78. The summed E-state index contributed by atoms with van der Waals surface area (Å²) in [5.74, 6) is -1.64. The third kappa shape index (κ3) is 3.87. The first-order chi connectivity index (χ1) is 14.2. The summed E-state index contributed by atoms with van der Waals surface area (Å²) in [6.07, 6.45) is 0.186. The number of aromatic hydroxyl groups is 1. The van der Waals surface area contributed by atoms with Crippen molar-refractivity contribution in [3.8, 4) is 17.0 Å². The molecule has 3 heterocycles. The summed E-state index contributed by atoms with van der Waals surface area (Å²) in [4.78, 5) is 6.28. The Labute approximate surface area is 169 Å². The molecular weight excluding hydrogens is 402 g/mol. The second kappa shape index (κ2) is 7.67. The SMILES string of the molecule is CN1CCC[C@@H](Nc2nnc(-c3c(O)cc(C(F)(F)F)cc3F)c3ccncc23)C1. The maximum Gasteiger partial charge on any atom is 0.416 e. The summed E-state index contributed by atoms with van der Waals surface area (Å²) in [6, 6.07) is 2.53. The molecule has 1 aliphatic heterocycles. The van der Waals surface area contributed by atoms with Crippen LogP contribution in [0.15, 0.2) is 30.6 Å². The Morgan fingerprint density at radius 3 is 2.70 bits per heavy atom. The number of phenols is 1. The predicted molar refractivity (Wildman–Crippen MR) is 104 cm³/mol. The van der Waals surface area contributed by atoms with Crippen molar-refractivity contribution in [2.45, 2.75) is 25.1 Å². The molecule has 0 aliphatic carbocycles. The summed E-state index contributed by atoms with van der Waals surface area (Å²) < 4.78 is 53.3. The number of nitrogens with zero attached hydrogens (tertiary/aromatic N) is 4. The molecule has 2 N–H and O–H groups in total. The highest BCUT2D eigenvalue weighted by atomic mass is 19.4. The van der Waals surface area contributed by atoms with Crippen LogP contribution >= 0.6 is 0 Å². The van der Waals surface area contributed by atoms with E-state index in [0.29, 0.717) is 28.7 Å². The number of alkyl halides is 3. The molecule has 0 radical (unpaired) electrons. The number of pyridine rings is 1. The number of aromatic nitrogens is 3. The van der Waals surface area contributed by atoms with Crippen molar-refractivity contribution in [1.29, 1.82) is 0 Å². The van der Waals surface area contributed by atoms with Crippen molar-refractivity contribution >= 4 is 16.6 Å². The lowest BCUT2D eigenvalue weighted by Gasteiger charge is -2.30. The second-order valence-electron chi connectivity index (χ2n) is 7.41. The number of hydrogen-bond acceptors (Lipinski definition) is 6. The fourth-order valence-corrected chi connectivity index (χ4v) is 3.76. The molecule has 1 saturated heterocycles. The largest absolute Gasteiger partial charge is 0.507 e. The lowest BCUT2D eigenvalue weighted by atomic mass is 10.0. The Hall–Kier alpha value is -3.01. The van der Waals surface area contributed by atoms with E-state index in [1.807, 2.05) is 7.05 Å². The van der Waals surface area contributed by atoms with Crippen LogP contribution in [0.1, 0.15) is 18.4 Å². The summed E-state index contributed by atoms with van der Waals surface area (Å²) in [7, 11) is 2.03. The van der Waals surface area contributed by atoms with E-state index in [-0.39, 0.29) is 11.7 Å². The lowest BCUT2D eigenvalue weighted by molar-refractivity contribution is -0.137. The van der Waals surface area contributed by atoms with Gasteiger partial charge >= 0.3 is 6.18 Å². The molecule has 1 atom stereocenters. The van der Waals surface area contributed by atoms with Gasteiger partial charge in [-0.15, -0.1) is 10.2 Å². The maximum atomic E-state index is 14.6. The molecule has 1 aromatic carbocycles. The Bertz CT molecular complexity index is 1070. The van der Waals surface area contributed by atoms with Crippen LogP contribution in [0.25, 0.3) is 22.0 Å². The topological polar surface area (TPSA) is 74.2 Å². The smallest absolute Gasteiger partial charge is 0.416 e. The van der Waals surface area contributed by atoms with Gasteiger partial charge in [0, 0.05) is 35.8 Å². The number of rotatable bonds is 3. The van der Waals surface area contributed by atoms with Crippen LogP contribution in [0.3, 0.4) is 0 Å². The molecule has 0 spiro atoms. The van der Waals surface area contributed by atoms with Crippen molar-refractivity contribution in [3.63, 3.8) is 0 Å². The highest BCUT2D eigenvalue weighted by Gasteiger charge is 2.33. The first-order valence-corrected chi connectivity index (χ1v) is 9.39. The molecule has 1 fully saturated rings. The van der Waals surface area contributed by atoms with E-state index in [1.54, 1.807) is 6.07 Å². The van der Waals surface area contributed by atoms with Gasteiger partial charge in [0.15, 0.2) is 5.82 Å². The lowest BCUT2D eigenvalue weighted by Crippen LogP contribution is -2.40. The van der Waals surface area contributed by atoms with Gasteiger partial charge in [-0.3, -0.25) is 4.98 Å². The monoisotopic (exact) mass is 421 g/mol. The maximum absolute atomic E-state index is 14.6. The third-order valence-electron chi connectivity index (χ3n) is 5.18. The van der Waals surface area contributed by atoms with Gasteiger partial charge in [0.25, 0.3) is 0 Å². The minimum absolute atomic E-state index is 0.0533. The molecule has 6 nitrogen and oxygen atoms in total. The molecule has 0 bridgehead atoms. The minimum Gasteiger partial charge on any atom is -0.507 e. The quantitative estimate of drug-likeness (QED) is 0.622. The Balaban J connectivity index is 1.79. The van der Waals surface area contributed by atoms with Crippen LogP contribution in [-0.4, -0.2) is 51.4 Å². The van der Waals surface area contributed by atoms with Crippen LogP contribution in [0, 0.1) is 5.82 Å². The number of fused-ring (bicyclic) bond motifs is 1. The van der Waals surface area contributed by atoms with Crippen molar-refractivity contribution in [2.24, 2.45) is 0 Å². The average molecular weight is 421 g/mol. The van der Waals surface area contributed by atoms with Gasteiger partial charge in [-0.2, -0.15) is 13.2 Å². The number of nitrogens with one attached hydrogen (secondary N) is 1. The summed E-state index contributed by atoms with van der Waals surface area (Å²) >= 11 is 0. The number of benzene rings is 1. The van der Waals surface area contributed by atoms with Crippen LogP contribution in [0.2, 0.25) is 0 Å². The number of anilines is 1. The normalized spacial score (nSPS) is 18.0. The van der Waals surface area contributed by atoms with Crippen molar-refractivity contribution in [3.05, 3.63) is 42.0 Å². The Morgan fingerprint density at radius 1 is 1.20 bits per heavy atom. The number of phenolic OH excluding ortho intramolecular Hbond substituents is 1. The molecule has 30 heavy (non-hydrogen) atoms.